The van der Waals surface area contributed by atoms with E-state index in [1.54, 1.807) is 11.8 Å². The molecule has 1 rings (SSSR count). The molecule has 0 aromatic heterocycles. The van der Waals surface area contributed by atoms with Crippen LogP contribution in [0.15, 0.2) is 0 Å². The number of aliphatic hydroxyl groups excluding tert-OH is 1. The normalized spacial score (nSPS) is 29.3. The molecule has 0 aromatic carbocycles. The van der Waals surface area contributed by atoms with Gasteiger partial charge in [0, 0.05) is 24.7 Å². The maximum Gasteiger partial charge on any atom is 0.117 e. The van der Waals surface area contributed by atoms with E-state index in [1.165, 1.54) is 0 Å². The molecule has 1 unspecified atom stereocenters. The minimum absolute atomic E-state index is 0.251. The molecule has 0 aliphatic carbocycles. The van der Waals surface area contributed by atoms with E-state index in [9.17, 15) is 0 Å². The number of aliphatic hydroxyl groups is 1. The average molecular weight is 148 g/mol. The fourth-order valence-corrected chi connectivity index (χ4v) is 1.91. The topological polar surface area (TPSA) is 49.5 Å². The van der Waals surface area contributed by atoms with Crippen LogP contribution in [0, 0.1) is 0 Å². The Kier molecular flexibility index (Phi) is 2.78. The largest absolute Gasteiger partial charge is 0.377 e. The Morgan fingerprint density at radius 3 is 3.00 bits per heavy atom. The highest BCUT2D eigenvalue weighted by molar-refractivity contribution is 7.99. The third kappa shape index (κ3) is 1.82. The van der Waals surface area contributed by atoms with Gasteiger partial charge in [-0.15, -0.1) is 11.8 Å². The van der Waals surface area contributed by atoms with E-state index >= 15 is 0 Å². The summed E-state index contributed by atoms with van der Waals surface area (Å²) in [6, 6.07) is 0. The lowest BCUT2D eigenvalue weighted by Crippen LogP contribution is -2.34. The zero-order valence-corrected chi connectivity index (χ0v) is 6.10. The number of rotatable bonds is 2. The Hall–Kier alpha value is 0.230. The van der Waals surface area contributed by atoms with Crippen molar-refractivity contribution >= 4 is 11.8 Å². The van der Waals surface area contributed by atoms with Crippen LogP contribution in [0.4, 0.5) is 0 Å². The third-order valence-electron chi connectivity index (χ3n) is 1.36. The van der Waals surface area contributed by atoms with E-state index in [0.717, 1.165) is 18.2 Å². The first-order chi connectivity index (χ1) is 4.34. The maximum atomic E-state index is 9.17. The highest BCUT2D eigenvalue weighted by Crippen LogP contribution is 2.17. The van der Waals surface area contributed by atoms with Gasteiger partial charge in [0.05, 0.1) is 0 Å². The molecule has 1 aliphatic heterocycles. The van der Waals surface area contributed by atoms with Crippen molar-refractivity contribution in [2.24, 2.45) is 5.73 Å². The average Bonchev–Trinajstić information content (AvgIpc) is 2.18. The Balaban J connectivity index is 2.22. The summed E-state index contributed by atoms with van der Waals surface area (Å²) in [5, 5.41) is 9.17. The van der Waals surface area contributed by atoms with Crippen molar-refractivity contribution < 1.29 is 5.11 Å². The van der Waals surface area contributed by atoms with Gasteiger partial charge >= 0.3 is 0 Å². The minimum atomic E-state index is -0.251. The summed E-state index contributed by atoms with van der Waals surface area (Å²) in [5.74, 6) is 1.76. The van der Waals surface area contributed by atoms with Gasteiger partial charge in [0.1, 0.15) is 6.23 Å². The molecule has 4 heteroatoms. The van der Waals surface area contributed by atoms with Gasteiger partial charge in [-0.2, -0.15) is 0 Å². The molecule has 1 fully saturated rings. The predicted molar refractivity (Wildman–Crippen MR) is 39.1 cm³/mol. The van der Waals surface area contributed by atoms with Crippen LogP contribution in [-0.2, 0) is 0 Å². The van der Waals surface area contributed by atoms with Gasteiger partial charge < -0.3 is 10.8 Å². The number of hydrogen-bond acceptors (Lipinski definition) is 4. The van der Waals surface area contributed by atoms with E-state index in [2.05, 4.69) is 0 Å². The second-order valence-corrected chi connectivity index (χ2v) is 3.08. The van der Waals surface area contributed by atoms with E-state index < -0.39 is 0 Å². The van der Waals surface area contributed by atoms with Crippen LogP contribution in [0.1, 0.15) is 0 Å². The predicted octanol–water partition coefficient (Wildman–Crippen LogP) is -0.730. The van der Waals surface area contributed by atoms with Crippen LogP contribution in [0.2, 0.25) is 0 Å². The van der Waals surface area contributed by atoms with Crippen molar-refractivity contribution in [3.63, 3.8) is 0 Å². The van der Waals surface area contributed by atoms with Crippen LogP contribution in [-0.4, -0.2) is 41.0 Å². The lowest BCUT2D eigenvalue weighted by molar-refractivity contribution is 0.0496. The molecule has 1 saturated heterocycles. The van der Waals surface area contributed by atoms with Gasteiger partial charge in [-0.1, -0.05) is 0 Å². The summed E-state index contributed by atoms with van der Waals surface area (Å²) in [6.45, 7) is 1.45. The van der Waals surface area contributed by atoms with Crippen LogP contribution in [0.5, 0.6) is 0 Å². The monoisotopic (exact) mass is 148 g/mol. The number of thioether (sulfide) groups is 1. The van der Waals surface area contributed by atoms with Crippen molar-refractivity contribution in [2.45, 2.75) is 6.23 Å². The summed E-state index contributed by atoms with van der Waals surface area (Å²) in [4.78, 5) is 1.98. The zero-order valence-electron chi connectivity index (χ0n) is 5.29. The Bertz CT molecular complexity index is 91.0. The van der Waals surface area contributed by atoms with Crippen LogP contribution >= 0.6 is 11.8 Å². The fourth-order valence-electron chi connectivity index (χ4n) is 0.846. The third-order valence-corrected chi connectivity index (χ3v) is 2.41. The Labute approximate surface area is 59.2 Å². The number of nitrogens with zero attached hydrogens (tertiary/aromatic N) is 1. The van der Waals surface area contributed by atoms with Crippen molar-refractivity contribution in [1.82, 2.24) is 4.90 Å². The summed E-state index contributed by atoms with van der Waals surface area (Å²) in [6.07, 6.45) is -0.251. The van der Waals surface area contributed by atoms with E-state index in [0.29, 0.717) is 6.54 Å². The quantitative estimate of drug-likeness (QED) is 0.542. The summed E-state index contributed by atoms with van der Waals surface area (Å²) in [7, 11) is 0. The molecule has 0 aromatic rings. The lowest BCUT2D eigenvalue weighted by Gasteiger charge is -2.16. The SMILES string of the molecule is NCCN1CSCC1O. The van der Waals surface area contributed by atoms with Crippen molar-refractivity contribution in [3.8, 4) is 0 Å². The van der Waals surface area contributed by atoms with Crippen molar-refractivity contribution in [3.05, 3.63) is 0 Å². The molecule has 0 radical (unpaired) electrons. The van der Waals surface area contributed by atoms with Crippen LogP contribution < -0.4 is 5.73 Å². The number of nitrogens with two attached hydrogens (primary N) is 1. The van der Waals surface area contributed by atoms with Gasteiger partial charge in [-0.25, -0.2) is 0 Å². The van der Waals surface area contributed by atoms with E-state index in [4.69, 9.17) is 10.8 Å². The molecule has 54 valence electrons. The second-order valence-electron chi connectivity index (χ2n) is 2.08. The molecule has 0 spiro atoms. The number of hydrogen-bond donors (Lipinski definition) is 2. The Morgan fingerprint density at radius 1 is 1.78 bits per heavy atom. The Morgan fingerprint density at radius 2 is 2.56 bits per heavy atom. The van der Waals surface area contributed by atoms with Gasteiger partial charge in [-0.3, -0.25) is 4.90 Å². The zero-order chi connectivity index (χ0) is 6.69. The molecule has 0 amide bonds. The molecule has 0 saturated carbocycles. The highest BCUT2D eigenvalue weighted by Gasteiger charge is 2.20. The smallest absolute Gasteiger partial charge is 0.117 e. The first kappa shape index (κ1) is 7.34. The van der Waals surface area contributed by atoms with Crippen molar-refractivity contribution in [1.29, 1.82) is 0 Å². The minimum Gasteiger partial charge on any atom is -0.377 e. The highest BCUT2D eigenvalue weighted by atomic mass is 32.2. The molecule has 1 heterocycles. The van der Waals surface area contributed by atoms with Crippen LogP contribution in [0.25, 0.3) is 0 Å². The van der Waals surface area contributed by atoms with Gasteiger partial charge in [0.2, 0.25) is 0 Å². The molecular formula is C5H12N2OS. The molecule has 1 aliphatic rings. The van der Waals surface area contributed by atoms with Gasteiger partial charge in [0.25, 0.3) is 0 Å². The summed E-state index contributed by atoms with van der Waals surface area (Å²) >= 11 is 1.75. The van der Waals surface area contributed by atoms with E-state index in [1.807, 2.05) is 4.90 Å². The second kappa shape index (κ2) is 3.41. The van der Waals surface area contributed by atoms with Gasteiger partial charge in [0.15, 0.2) is 0 Å². The first-order valence-corrected chi connectivity index (χ1v) is 4.20. The molecule has 9 heavy (non-hydrogen) atoms. The molecule has 0 bridgehead atoms. The maximum absolute atomic E-state index is 9.17. The first-order valence-electron chi connectivity index (χ1n) is 3.04. The fraction of sp³-hybridized carbons (Fsp3) is 1.00. The standard InChI is InChI=1S/C5H12N2OS/c6-1-2-7-4-9-3-5(7)8/h5,8H,1-4,6H2. The van der Waals surface area contributed by atoms with E-state index in [-0.39, 0.29) is 6.23 Å². The van der Waals surface area contributed by atoms with Crippen LogP contribution in [0.3, 0.4) is 0 Å². The molecule has 3 nitrogen and oxygen atoms in total. The summed E-state index contributed by atoms with van der Waals surface area (Å²) < 4.78 is 0. The molecular weight excluding hydrogens is 136 g/mol. The van der Waals surface area contributed by atoms with Gasteiger partial charge in [-0.05, 0) is 0 Å². The van der Waals surface area contributed by atoms with Crippen molar-refractivity contribution in [2.75, 3.05) is 24.7 Å². The molecule has 1 atom stereocenters. The molecule has 3 N–H and O–H groups in total. The summed E-state index contributed by atoms with van der Waals surface area (Å²) in [5.41, 5.74) is 5.31. The lowest BCUT2D eigenvalue weighted by atomic mass is 10.5.